The number of aromatic carboxylic acids is 1. The standard InChI is InChI=1S/C15H15BrN2O3/c1-21-14-12(3-2-6-18-14)9-17-8-11-5-4-10(15(19)20)7-13(11)16/h2-7,17H,8-9H2,1H3,(H,19,20). The third kappa shape index (κ3) is 4.03. The number of rotatable bonds is 6. The maximum atomic E-state index is 10.9. The number of carbonyl (C=O) groups is 1. The molecule has 0 saturated heterocycles. The van der Waals surface area contributed by atoms with Gasteiger partial charge in [-0.05, 0) is 23.8 Å². The number of ether oxygens (including phenoxy) is 1. The average Bonchev–Trinajstić information content (AvgIpc) is 2.49. The number of methoxy groups -OCH3 is 1. The molecule has 0 radical (unpaired) electrons. The second kappa shape index (κ2) is 7.19. The van der Waals surface area contributed by atoms with Crippen LogP contribution in [-0.2, 0) is 13.1 Å². The molecule has 2 rings (SSSR count). The molecule has 0 saturated carbocycles. The highest BCUT2D eigenvalue weighted by Crippen LogP contribution is 2.19. The van der Waals surface area contributed by atoms with Gasteiger partial charge < -0.3 is 15.2 Å². The molecule has 0 amide bonds. The molecule has 0 bridgehead atoms. The lowest BCUT2D eigenvalue weighted by molar-refractivity contribution is 0.0697. The fourth-order valence-electron chi connectivity index (χ4n) is 1.90. The predicted molar refractivity (Wildman–Crippen MR) is 82.4 cm³/mol. The number of hydrogen-bond donors (Lipinski definition) is 2. The maximum Gasteiger partial charge on any atom is 0.335 e. The summed E-state index contributed by atoms with van der Waals surface area (Å²) >= 11 is 3.39. The summed E-state index contributed by atoms with van der Waals surface area (Å²) in [4.78, 5) is 15.0. The highest BCUT2D eigenvalue weighted by Gasteiger charge is 2.07. The number of nitrogens with one attached hydrogen (secondary N) is 1. The van der Waals surface area contributed by atoms with Crippen molar-refractivity contribution in [3.63, 3.8) is 0 Å². The lowest BCUT2D eigenvalue weighted by Crippen LogP contribution is -2.14. The van der Waals surface area contributed by atoms with Gasteiger partial charge in [-0.3, -0.25) is 0 Å². The van der Waals surface area contributed by atoms with Gasteiger partial charge in [-0.25, -0.2) is 9.78 Å². The van der Waals surface area contributed by atoms with E-state index in [0.717, 1.165) is 15.6 Å². The number of benzene rings is 1. The van der Waals surface area contributed by atoms with Crippen LogP contribution in [0.25, 0.3) is 0 Å². The zero-order valence-electron chi connectivity index (χ0n) is 11.5. The summed E-state index contributed by atoms with van der Waals surface area (Å²) in [7, 11) is 1.59. The Morgan fingerprint density at radius 1 is 1.33 bits per heavy atom. The summed E-state index contributed by atoms with van der Waals surface area (Å²) in [5.41, 5.74) is 2.22. The van der Waals surface area contributed by atoms with Crippen LogP contribution in [0.15, 0.2) is 41.0 Å². The van der Waals surface area contributed by atoms with Crippen molar-refractivity contribution >= 4 is 21.9 Å². The Balaban J connectivity index is 1.99. The minimum atomic E-state index is -0.935. The average molecular weight is 351 g/mol. The van der Waals surface area contributed by atoms with Gasteiger partial charge in [-0.15, -0.1) is 0 Å². The number of carboxylic acids is 1. The van der Waals surface area contributed by atoms with E-state index < -0.39 is 5.97 Å². The summed E-state index contributed by atoms with van der Waals surface area (Å²) in [6.45, 7) is 1.22. The van der Waals surface area contributed by atoms with Crippen molar-refractivity contribution in [2.24, 2.45) is 0 Å². The normalized spacial score (nSPS) is 10.4. The number of pyridine rings is 1. The van der Waals surface area contributed by atoms with Crippen LogP contribution in [0, 0.1) is 0 Å². The molecule has 0 atom stereocenters. The largest absolute Gasteiger partial charge is 0.481 e. The van der Waals surface area contributed by atoms with Crippen LogP contribution in [-0.4, -0.2) is 23.2 Å². The molecule has 0 fully saturated rings. The van der Waals surface area contributed by atoms with E-state index in [1.165, 1.54) is 0 Å². The quantitative estimate of drug-likeness (QED) is 0.838. The third-order valence-corrected chi connectivity index (χ3v) is 3.71. The fraction of sp³-hybridized carbons (Fsp3) is 0.200. The molecule has 6 heteroatoms. The second-order valence-electron chi connectivity index (χ2n) is 4.39. The van der Waals surface area contributed by atoms with Gasteiger partial charge in [0.1, 0.15) is 0 Å². The van der Waals surface area contributed by atoms with Gasteiger partial charge >= 0.3 is 5.97 Å². The van der Waals surface area contributed by atoms with E-state index in [4.69, 9.17) is 9.84 Å². The van der Waals surface area contributed by atoms with E-state index >= 15 is 0 Å². The minimum Gasteiger partial charge on any atom is -0.481 e. The van der Waals surface area contributed by atoms with Crippen LogP contribution in [0.3, 0.4) is 0 Å². The van der Waals surface area contributed by atoms with Gasteiger partial charge in [0, 0.05) is 29.3 Å². The molecule has 0 spiro atoms. The number of aromatic nitrogens is 1. The topological polar surface area (TPSA) is 71.5 Å². The predicted octanol–water partition coefficient (Wildman–Crippen LogP) is 2.84. The molecule has 0 unspecified atom stereocenters. The van der Waals surface area contributed by atoms with Gasteiger partial charge in [-0.1, -0.05) is 28.1 Å². The Morgan fingerprint density at radius 2 is 2.10 bits per heavy atom. The van der Waals surface area contributed by atoms with Gasteiger partial charge in [-0.2, -0.15) is 0 Å². The SMILES string of the molecule is COc1ncccc1CNCc1ccc(C(=O)O)cc1Br. The van der Waals surface area contributed by atoms with Gasteiger partial charge in [0.2, 0.25) is 5.88 Å². The van der Waals surface area contributed by atoms with Crippen molar-refractivity contribution in [3.05, 3.63) is 57.7 Å². The van der Waals surface area contributed by atoms with Crippen LogP contribution in [0.5, 0.6) is 5.88 Å². The molecule has 5 nitrogen and oxygen atoms in total. The molecule has 2 aromatic rings. The summed E-state index contributed by atoms with van der Waals surface area (Å²) in [6.07, 6.45) is 1.68. The molecule has 1 heterocycles. The Kier molecular flexibility index (Phi) is 5.30. The zero-order valence-corrected chi connectivity index (χ0v) is 13.1. The first-order valence-electron chi connectivity index (χ1n) is 6.32. The highest BCUT2D eigenvalue weighted by atomic mass is 79.9. The van der Waals surface area contributed by atoms with Crippen LogP contribution < -0.4 is 10.1 Å². The van der Waals surface area contributed by atoms with E-state index in [0.29, 0.717) is 19.0 Å². The molecular weight excluding hydrogens is 336 g/mol. The van der Waals surface area contributed by atoms with Crippen LogP contribution in [0.1, 0.15) is 21.5 Å². The molecule has 0 aliphatic carbocycles. The van der Waals surface area contributed by atoms with Crippen molar-refractivity contribution in [3.8, 4) is 5.88 Å². The Morgan fingerprint density at radius 3 is 2.76 bits per heavy atom. The third-order valence-electron chi connectivity index (χ3n) is 2.97. The van der Waals surface area contributed by atoms with E-state index in [1.807, 2.05) is 12.1 Å². The molecule has 21 heavy (non-hydrogen) atoms. The molecule has 110 valence electrons. The molecule has 2 N–H and O–H groups in total. The van der Waals surface area contributed by atoms with E-state index in [-0.39, 0.29) is 5.56 Å². The summed E-state index contributed by atoms with van der Waals surface area (Å²) in [5, 5.41) is 12.2. The summed E-state index contributed by atoms with van der Waals surface area (Å²) in [6, 6.07) is 8.79. The van der Waals surface area contributed by atoms with Crippen molar-refractivity contribution in [1.29, 1.82) is 0 Å². The lowest BCUT2D eigenvalue weighted by Gasteiger charge is -2.10. The zero-order chi connectivity index (χ0) is 15.2. The smallest absolute Gasteiger partial charge is 0.335 e. The number of hydrogen-bond acceptors (Lipinski definition) is 4. The first-order valence-corrected chi connectivity index (χ1v) is 7.11. The van der Waals surface area contributed by atoms with Crippen molar-refractivity contribution in [2.45, 2.75) is 13.1 Å². The van der Waals surface area contributed by atoms with Crippen LogP contribution in [0.4, 0.5) is 0 Å². The lowest BCUT2D eigenvalue weighted by atomic mass is 10.1. The molecule has 0 aliphatic rings. The Hall–Kier alpha value is -1.92. The number of carboxylic acid groups (broad SMARTS) is 1. The molecule has 0 aliphatic heterocycles. The minimum absolute atomic E-state index is 0.263. The van der Waals surface area contributed by atoms with E-state index in [2.05, 4.69) is 26.2 Å². The maximum absolute atomic E-state index is 10.9. The number of nitrogens with zero attached hydrogens (tertiary/aromatic N) is 1. The van der Waals surface area contributed by atoms with E-state index in [9.17, 15) is 4.79 Å². The Bertz CT molecular complexity index is 647. The first kappa shape index (κ1) is 15.5. The van der Waals surface area contributed by atoms with Gasteiger partial charge in [0.05, 0.1) is 12.7 Å². The summed E-state index contributed by atoms with van der Waals surface area (Å²) in [5.74, 6) is -0.333. The molecule has 1 aromatic carbocycles. The first-order chi connectivity index (χ1) is 10.1. The molecular formula is C15H15BrN2O3. The van der Waals surface area contributed by atoms with Crippen molar-refractivity contribution < 1.29 is 14.6 Å². The van der Waals surface area contributed by atoms with Crippen molar-refractivity contribution in [2.75, 3.05) is 7.11 Å². The fourth-order valence-corrected chi connectivity index (χ4v) is 2.42. The monoisotopic (exact) mass is 350 g/mol. The van der Waals surface area contributed by atoms with Crippen molar-refractivity contribution in [1.82, 2.24) is 10.3 Å². The highest BCUT2D eigenvalue weighted by molar-refractivity contribution is 9.10. The second-order valence-corrected chi connectivity index (χ2v) is 5.24. The van der Waals surface area contributed by atoms with Crippen LogP contribution >= 0.6 is 15.9 Å². The van der Waals surface area contributed by atoms with Gasteiger partial charge in [0.15, 0.2) is 0 Å². The van der Waals surface area contributed by atoms with Crippen LogP contribution in [0.2, 0.25) is 0 Å². The van der Waals surface area contributed by atoms with Gasteiger partial charge in [0.25, 0.3) is 0 Å². The molecule has 1 aromatic heterocycles. The van der Waals surface area contributed by atoms with E-state index in [1.54, 1.807) is 31.5 Å². The Labute approximate surface area is 131 Å². The summed E-state index contributed by atoms with van der Waals surface area (Å²) < 4.78 is 5.96. The number of halogens is 1.